The van der Waals surface area contributed by atoms with Crippen LogP contribution in [0, 0.1) is 0 Å². The van der Waals surface area contributed by atoms with Crippen LogP contribution in [-0.4, -0.2) is 11.7 Å². The Bertz CT molecular complexity index is 91.3. The largest absolute Gasteiger partial charge is 0.487 e. The molecule has 1 nitrogen and oxygen atoms in total. The van der Waals surface area contributed by atoms with Gasteiger partial charge in [0.1, 0.15) is 0 Å². The van der Waals surface area contributed by atoms with Crippen LogP contribution in [0.1, 0.15) is 39.5 Å². The lowest BCUT2D eigenvalue weighted by atomic mass is 10.2. The molecule has 0 heterocycles. The summed E-state index contributed by atoms with van der Waals surface area (Å²) in [5, 5.41) is 0.774. The van der Waals surface area contributed by atoms with Gasteiger partial charge in [0.25, 0.3) is 0 Å². The molecule has 0 aromatic carbocycles. The topological polar surface area (TPSA) is 9.23 Å². The summed E-state index contributed by atoms with van der Waals surface area (Å²) in [6.07, 6.45) is 4.63. The van der Waals surface area contributed by atoms with Gasteiger partial charge >= 0.3 is 0 Å². The fourth-order valence-electron chi connectivity index (χ4n) is 0.752. The standard InChI is InChI=1S/C8H16OS/c1-3-5-6-7-8(10)9-4-2/h3-7H2,1-2H3. The van der Waals surface area contributed by atoms with Gasteiger partial charge in [-0.15, -0.1) is 0 Å². The molecule has 0 radical (unpaired) electrons. The zero-order valence-corrected chi connectivity index (χ0v) is 7.67. The summed E-state index contributed by atoms with van der Waals surface area (Å²) >= 11 is 4.94. The highest BCUT2D eigenvalue weighted by molar-refractivity contribution is 7.80. The second-order valence-electron chi connectivity index (χ2n) is 2.26. The van der Waals surface area contributed by atoms with Crippen LogP contribution in [0.2, 0.25) is 0 Å². The van der Waals surface area contributed by atoms with Gasteiger partial charge in [0.05, 0.1) is 6.61 Å². The highest BCUT2D eigenvalue weighted by Crippen LogP contribution is 2.01. The van der Waals surface area contributed by atoms with E-state index in [2.05, 4.69) is 6.92 Å². The molecule has 60 valence electrons. The molecule has 0 aromatic rings. The third-order valence-corrected chi connectivity index (χ3v) is 1.61. The van der Waals surface area contributed by atoms with E-state index >= 15 is 0 Å². The SMILES string of the molecule is CCCCCC(=S)OCC. The van der Waals surface area contributed by atoms with Crippen LogP contribution in [0.15, 0.2) is 0 Å². The highest BCUT2D eigenvalue weighted by Gasteiger charge is 1.94. The Morgan fingerprint density at radius 3 is 2.50 bits per heavy atom. The van der Waals surface area contributed by atoms with Crippen LogP contribution in [0.4, 0.5) is 0 Å². The van der Waals surface area contributed by atoms with Crippen molar-refractivity contribution in [2.75, 3.05) is 6.61 Å². The monoisotopic (exact) mass is 160 g/mol. The van der Waals surface area contributed by atoms with Gasteiger partial charge in [0.2, 0.25) is 0 Å². The summed E-state index contributed by atoms with van der Waals surface area (Å²) in [5.74, 6) is 0. The van der Waals surface area contributed by atoms with Crippen molar-refractivity contribution in [3.05, 3.63) is 0 Å². The first-order valence-electron chi connectivity index (χ1n) is 3.96. The second-order valence-corrected chi connectivity index (χ2v) is 2.72. The third-order valence-electron chi connectivity index (χ3n) is 1.29. The smallest absolute Gasteiger partial charge is 0.159 e. The highest BCUT2D eigenvalue weighted by atomic mass is 32.1. The van der Waals surface area contributed by atoms with E-state index in [4.69, 9.17) is 17.0 Å². The maximum absolute atomic E-state index is 5.12. The van der Waals surface area contributed by atoms with E-state index in [-0.39, 0.29) is 0 Å². The molecule has 0 N–H and O–H groups in total. The zero-order valence-electron chi connectivity index (χ0n) is 6.85. The van der Waals surface area contributed by atoms with Crippen LogP contribution >= 0.6 is 12.2 Å². The Labute approximate surface area is 68.8 Å². The fourth-order valence-corrected chi connectivity index (χ4v) is 1.01. The van der Waals surface area contributed by atoms with E-state index in [0.29, 0.717) is 6.61 Å². The number of ether oxygens (including phenoxy) is 1. The van der Waals surface area contributed by atoms with Gasteiger partial charge in [-0.1, -0.05) is 19.8 Å². The van der Waals surface area contributed by atoms with E-state index in [9.17, 15) is 0 Å². The van der Waals surface area contributed by atoms with Crippen LogP contribution in [0.5, 0.6) is 0 Å². The number of thiocarbonyl (C=S) groups is 1. The summed E-state index contributed by atoms with van der Waals surface area (Å²) in [4.78, 5) is 0. The summed E-state index contributed by atoms with van der Waals surface area (Å²) in [7, 11) is 0. The van der Waals surface area contributed by atoms with Gasteiger partial charge < -0.3 is 4.74 Å². The van der Waals surface area contributed by atoms with E-state index in [1.165, 1.54) is 19.3 Å². The Kier molecular flexibility index (Phi) is 6.93. The molecule has 10 heavy (non-hydrogen) atoms. The minimum Gasteiger partial charge on any atom is -0.487 e. The van der Waals surface area contributed by atoms with E-state index in [1.54, 1.807) is 0 Å². The quantitative estimate of drug-likeness (QED) is 0.452. The molecule has 0 aromatic heterocycles. The molecule has 0 saturated heterocycles. The molecule has 0 aliphatic carbocycles. The van der Waals surface area contributed by atoms with Crippen molar-refractivity contribution in [3.63, 3.8) is 0 Å². The molecular formula is C8H16OS. The molecule has 0 bridgehead atoms. The van der Waals surface area contributed by atoms with Crippen molar-refractivity contribution >= 4 is 17.3 Å². The Morgan fingerprint density at radius 2 is 2.00 bits per heavy atom. The minimum absolute atomic E-state index is 0.713. The second kappa shape index (κ2) is 7.00. The number of unbranched alkanes of at least 4 members (excludes halogenated alkanes) is 2. The van der Waals surface area contributed by atoms with Crippen molar-refractivity contribution in [1.82, 2.24) is 0 Å². The van der Waals surface area contributed by atoms with Crippen LogP contribution in [0.25, 0.3) is 0 Å². The molecule has 2 heteroatoms. The summed E-state index contributed by atoms with van der Waals surface area (Å²) in [5.41, 5.74) is 0. The molecule has 0 saturated carbocycles. The number of hydrogen-bond acceptors (Lipinski definition) is 2. The molecule has 0 atom stereocenters. The van der Waals surface area contributed by atoms with Crippen molar-refractivity contribution in [1.29, 1.82) is 0 Å². The van der Waals surface area contributed by atoms with Crippen LogP contribution in [0.3, 0.4) is 0 Å². The van der Waals surface area contributed by atoms with Crippen molar-refractivity contribution in [2.45, 2.75) is 39.5 Å². The van der Waals surface area contributed by atoms with Crippen LogP contribution in [-0.2, 0) is 4.74 Å². The predicted molar refractivity (Wildman–Crippen MR) is 48.4 cm³/mol. The molecular weight excluding hydrogens is 144 g/mol. The molecule has 0 fully saturated rings. The first-order chi connectivity index (χ1) is 4.81. The lowest BCUT2D eigenvalue weighted by Crippen LogP contribution is -2.00. The van der Waals surface area contributed by atoms with Crippen molar-refractivity contribution in [3.8, 4) is 0 Å². The maximum Gasteiger partial charge on any atom is 0.159 e. The third kappa shape index (κ3) is 6.02. The van der Waals surface area contributed by atoms with E-state index in [1.807, 2.05) is 6.92 Å². The average Bonchev–Trinajstić information content (AvgIpc) is 1.89. The molecule has 0 amide bonds. The van der Waals surface area contributed by atoms with E-state index in [0.717, 1.165) is 11.5 Å². The van der Waals surface area contributed by atoms with Crippen molar-refractivity contribution in [2.24, 2.45) is 0 Å². The number of hydrogen-bond donors (Lipinski definition) is 0. The predicted octanol–water partition coefficient (Wildman–Crippen LogP) is 2.93. The van der Waals surface area contributed by atoms with Gasteiger partial charge in [-0.05, 0) is 25.6 Å². The summed E-state index contributed by atoms with van der Waals surface area (Å²) < 4.78 is 5.12. The maximum atomic E-state index is 5.12. The first kappa shape index (κ1) is 9.89. The van der Waals surface area contributed by atoms with Gasteiger partial charge in [0.15, 0.2) is 5.05 Å². The van der Waals surface area contributed by atoms with Gasteiger partial charge in [0, 0.05) is 6.42 Å². The van der Waals surface area contributed by atoms with Gasteiger partial charge in [-0.25, -0.2) is 0 Å². The number of rotatable bonds is 5. The Morgan fingerprint density at radius 1 is 1.30 bits per heavy atom. The zero-order chi connectivity index (χ0) is 7.82. The molecule has 0 aliphatic rings. The Hall–Kier alpha value is -0.110. The molecule has 0 spiro atoms. The van der Waals surface area contributed by atoms with Gasteiger partial charge in [-0.3, -0.25) is 0 Å². The molecule has 0 aliphatic heterocycles. The molecule has 0 rings (SSSR count). The van der Waals surface area contributed by atoms with E-state index < -0.39 is 0 Å². The fraction of sp³-hybridized carbons (Fsp3) is 0.875. The lowest BCUT2D eigenvalue weighted by molar-refractivity contribution is 0.325. The van der Waals surface area contributed by atoms with Crippen molar-refractivity contribution < 1.29 is 4.74 Å². The lowest BCUT2D eigenvalue weighted by Gasteiger charge is -2.02. The summed E-state index contributed by atoms with van der Waals surface area (Å²) in [6, 6.07) is 0. The average molecular weight is 160 g/mol. The van der Waals surface area contributed by atoms with Crippen LogP contribution < -0.4 is 0 Å². The first-order valence-corrected chi connectivity index (χ1v) is 4.37. The normalized spacial score (nSPS) is 9.40. The Balaban J connectivity index is 3.05. The van der Waals surface area contributed by atoms with Gasteiger partial charge in [-0.2, -0.15) is 0 Å². The summed E-state index contributed by atoms with van der Waals surface area (Å²) in [6.45, 7) is 4.86. The minimum atomic E-state index is 0.713. The molecule has 0 unspecified atom stereocenters.